The standard InChI is InChI=1S/C19H38N2/c1-5-20-18(16-9-7-6-8-10-16)15-21-13-11-17(12-14-21)19(2,3)4/h16-18,20H,5-15H2,1-4H3. The molecule has 1 aliphatic carbocycles. The van der Waals surface area contributed by atoms with E-state index >= 15 is 0 Å². The minimum Gasteiger partial charge on any atom is -0.313 e. The molecule has 1 aliphatic heterocycles. The van der Waals surface area contributed by atoms with Gasteiger partial charge in [-0.1, -0.05) is 47.0 Å². The molecule has 2 heteroatoms. The summed E-state index contributed by atoms with van der Waals surface area (Å²) in [7, 11) is 0. The molecule has 1 saturated heterocycles. The summed E-state index contributed by atoms with van der Waals surface area (Å²) in [6.07, 6.45) is 10.1. The van der Waals surface area contributed by atoms with Crippen LogP contribution in [0.3, 0.4) is 0 Å². The van der Waals surface area contributed by atoms with E-state index in [1.54, 1.807) is 0 Å². The average molecular weight is 295 g/mol. The van der Waals surface area contributed by atoms with Crippen molar-refractivity contribution in [3.05, 3.63) is 0 Å². The van der Waals surface area contributed by atoms with Gasteiger partial charge in [0.15, 0.2) is 0 Å². The van der Waals surface area contributed by atoms with Crippen LogP contribution in [-0.4, -0.2) is 37.1 Å². The van der Waals surface area contributed by atoms with Crippen LogP contribution < -0.4 is 5.32 Å². The summed E-state index contributed by atoms with van der Waals surface area (Å²) < 4.78 is 0. The van der Waals surface area contributed by atoms with Crippen LogP contribution in [0.25, 0.3) is 0 Å². The molecule has 2 fully saturated rings. The van der Waals surface area contributed by atoms with Crippen LogP contribution in [0.1, 0.15) is 72.6 Å². The fourth-order valence-corrected chi connectivity index (χ4v) is 4.44. The molecular formula is C19H38N2. The zero-order chi connectivity index (χ0) is 15.3. The van der Waals surface area contributed by atoms with Gasteiger partial charge in [-0.2, -0.15) is 0 Å². The normalized spacial score (nSPS) is 25.1. The number of nitrogens with zero attached hydrogens (tertiary/aromatic N) is 1. The van der Waals surface area contributed by atoms with Gasteiger partial charge in [0.1, 0.15) is 0 Å². The van der Waals surface area contributed by atoms with E-state index in [0.29, 0.717) is 5.41 Å². The zero-order valence-electron chi connectivity index (χ0n) is 15.0. The number of rotatable bonds is 5. The minimum absolute atomic E-state index is 0.497. The second kappa shape index (κ2) is 7.97. The monoisotopic (exact) mass is 294 g/mol. The molecule has 0 radical (unpaired) electrons. The molecule has 1 unspecified atom stereocenters. The summed E-state index contributed by atoms with van der Waals surface area (Å²) >= 11 is 0. The number of hydrogen-bond acceptors (Lipinski definition) is 2. The Balaban J connectivity index is 1.81. The Morgan fingerprint density at radius 2 is 1.62 bits per heavy atom. The third kappa shape index (κ3) is 5.25. The predicted octanol–water partition coefficient (Wildman–Crippen LogP) is 4.30. The van der Waals surface area contributed by atoms with E-state index in [0.717, 1.165) is 24.4 Å². The van der Waals surface area contributed by atoms with Crippen molar-refractivity contribution >= 4 is 0 Å². The van der Waals surface area contributed by atoms with E-state index in [2.05, 4.69) is 37.9 Å². The summed E-state index contributed by atoms with van der Waals surface area (Å²) in [6.45, 7) is 14.5. The van der Waals surface area contributed by atoms with E-state index in [-0.39, 0.29) is 0 Å². The maximum atomic E-state index is 3.80. The molecule has 124 valence electrons. The Kier molecular flexibility index (Phi) is 6.55. The number of likely N-dealkylation sites (tertiary alicyclic amines) is 1. The highest BCUT2D eigenvalue weighted by molar-refractivity contribution is 4.86. The number of nitrogens with one attached hydrogen (secondary N) is 1. The van der Waals surface area contributed by atoms with Crippen LogP contribution in [-0.2, 0) is 0 Å². The van der Waals surface area contributed by atoms with E-state index in [4.69, 9.17) is 0 Å². The molecule has 0 aromatic heterocycles. The smallest absolute Gasteiger partial charge is 0.0223 e. The van der Waals surface area contributed by atoms with Crippen molar-refractivity contribution in [2.75, 3.05) is 26.2 Å². The highest BCUT2D eigenvalue weighted by Crippen LogP contribution is 2.34. The van der Waals surface area contributed by atoms with Crippen LogP contribution in [0.5, 0.6) is 0 Å². The van der Waals surface area contributed by atoms with Gasteiger partial charge in [-0.3, -0.25) is 0 Å². The van der Waals surface area contributed by atoms with Crippen molar-refractivity contribution in [3.63, 3.8) is 0 Å². The van der Waals surface area contributed by atoms with E-state index in [9.17, 15) is 0 Å². The Labute approximate surface area is 133 Å². The lowest BCUT2D eigenvalue weighted by Gasteiger charge is -2.41. The van der Waals surface area contributed by atoms with Gasteiger partial charge < -0.3 is 10.2 Å². The van der Waals surface area contributed by atoms with E-state index < -0.39 is 0 Å². The topological polar surface area (TPSA) is 15.3 Å². The zero-order valence-corrected chi connectivity index (χ0v) is 15.0. The highest BCUT2D eigenvalue weighted by atomic mass is 15.2. The quantitative estimate of drug-likeness (QED) is 0.813. The summed E-state index contributed by atoms with van der Waals surface area (Å²) in [6, 6.07) is 0.737. The van der Waals surface area contributed by atoms with Gasteiger partial charge in [0.2, 0.25) is 0 Å². The molecule has 1 atom stereocenters. The van der Waals surface area contributed by atoms with Crippen molar-refractivity contribution in [1.29, 1.82) is 0 Å². The summed E-state index contributed by atoms with van der Waals surface area (Å²) in [5.74, 6) is 1.85. The van der Waals surface area contributed by atoms with Gasteiger partial charge in [0.25, 0.3) is 0 Å². The summed E-state index contributed by atoms with van der Waals surface area (Å²) in [5.41, 5.74) is 0.497. The first-order valence-electron chi connectivity index (χ1n) is 9.46. The summed E-state index contributed by atoms with van der Waals surface area (Å²) in [5, 5.41) is 3.80. The lowest BCUT2D eigenvalue weighted by Crippen LogP contribution is -2.49. The van der Waals surface area contributed by atoms with Crippen LogP contribution in [0, 0.1) is 17.3 Å². The van der Waals surface area contributed by atoms with Gasteiger partial charge in [-0.05, 0) is 62.6 Å². The summed E-state index contributed by atoms with van der Waals surface area (Å²) in [4.78, 5) is 2.74. The molecular weight excluding hydrogens is 256 g/mol. The van der Waals surface area contributed by atoms with Crippen LogP contribution >= 0.6 is 0 Å². The van der Waals surface area contributed by atoms with Gasteiger partial charge >= 0.3 is 0 Å². The molecule has 1 N–H and O–H groups in total. The van der Waals surface area contributed by atoms with Gasteiger partial charge in [0, 0.05) is 12.6 Å². The van der Waals surface area contributed by atoms with Crippen molar-refractivity contribution in [2.45, 2.75) is 78.7 Å². The Morgan fingerprint density at radius 3 is 2.14 bits per heavy atom. The second-order valence-electron chi connectivity index (χ2n) is 8.50. The van der Waals surface area contributed by atoms with E-state index in [1.807, 2.05) is 0 Å². The molecule has 2 rings (SSSR count). The Bertz CT molecular complexity index is 280. The predicted molar refractivity (Wildman–Crippen MR) is 92.7 cm³/mol. The molecule has 2 nitrogen and oxygen atoms in total. The van der Waals surface area contributed by atoms with Gasteiger partial charge in [0.05, 0.1) is 0 Å². The molecule has 2 aliphatic rings. The fraction of sp³-hybridized carbons (Fsp3) is 1.00. The molecule has 0 aromatic rings. The third-order valence-electron chi connectivity index (χ3n) is 5.95. The first-order chi connectivity index (χ1) is 10.0. The first kappa shape index (κ1) is 17.3. The van der Waals surface area contributed by atoms with Crippen molar-refractivity contribution in [1.82, 2.24) is 10.2 Å². The molecule has 1 saturated carbocycles. The fourth-order valence-electron chi connectivity index (χ4n) is 4.44. The highest BCUT2D eigenvalue weighted by Gasteiger charge is 2.31. The largest absolute Gasteiger partial charge is 0.313 e. The minimum atomic E-state index is 0.497. The van der Waals surface area contributed by atoms with Crippen LogP contribution in [0.4, 0.5) is 0 Å². The molecule has 21 heavy (non-hydrogen) atoms. The van der Waals surface area contributed by atoms with E-state index in [1.165, 1.54) is 64.6 Å². The maximum absolute atomic E-state index is 3.80. The molecule has 0 bridgehead atoms. The maximum Gasteiger partial charge on any atom is 0.0223 e. The average Bonchev–Trinajstić information content (AvgIpc) is 2.47. The first-order valence-corrected chi connectivity index (χ1v) is 9.46. The molecule has 0 spiro atoms. The third-order valence-corrected chi connectivity index (χ3v) is 5.95. The molecule has 0 aromatic carbocycles. The van der Waals surface area contributed by atoms with Gasteiger partial charge in [-0.25, -0.2) is 0 Å². The second-order valence-corrected chi connectivity index (χ2v) is 8.50. The van der Waals surface area contributed by atoms with Crippen LogP contribution in [0.2, 0.25) is 0 Å². The lowest BCUT2D eigenvalue weighted by atomic mass is 9.75. The lowest BCUT2D eigenvalue weighted by molar-refractivity contribution is 0.0944. The van der Waals surface area contributed by atoms with Crippen molar-refractivity contribution in [3.8, 4) is 0 Å². The number of likely N-dealkylation sites (N-methyl/N-ethyl adjacent to an activating group) is 1. The number of hydrogen-bond donors (Lipinski definition) is 1. The van der Waals surface area contributed by atoms with Crippen LogP contribution in [0.15, 0.2) is 0 Å². The number of piperidine rings is 1. The van der Waals surface area contributed by atoms with Gasteiger partial charge in [-0.15, -0.1) is 0 Å². The van der Waals surface area contributed by atoms with Crippen molar-refractivity contribution in [2.24, 2.45) is 17.3 Å². The molecule has 0 amide bonds. The van der Waals surface area contributed by atoms with Crippen molar-refractivity contribution < 1.29 is 0 Å². The molecule has 1 heterocycles. The SMILES string of the molecule is CCNC(CN1CCC(C(C)(C)C)CC1)C1CCCCC1. The Hall–Kier alpha value is -0.0800. The Morgan fingerprint density at radius 1 is 1.00 bits per heavy atom.